The Morgan fingerprint density at radius 1 is 0.656 bits per heavy atom. The molecule has 0 bridgehead atoms. The Bertz CT molecular complexity index is 1310. The largest absolute Gasteiger partial charge is 0.422 e. The number of primary sulfonamides is 1. The zero-order chi connectivity index (χ0) is 24.2. The van der Waals surface area contributed by atoms with Crippen molar-refractivity contribution >= 4 is 10.0 Å². The van der Waals surface area contributed by atoms with E-state index >= 15 is 0 Å². The van der Waals surface area contributed by atoms with Crippen LogP contribution in [-0.4, -0.2) is 8.42 Å². The average Bonchev–Trinajstić information content (AvgIpc) is 2.66. The van der Waals surface area contributed by atoms with Gasteiger partial charge < -0.3 is 0 Å². The maximum absolute atomic E-state index is 14.6. The van der Waals surface area contributed by atoms with Crippen LogP contribution in [0.5, 0.6) is 0 Å². The van der Waals surface area contributed by atoms with Crippen LogP contribution in [0.25, 0.3) is 22.3 Å². The predicted octanol–water partition coefficient (Wildman–Crippen LogP) is 5.52. The van der Waals surface area contributed by atoms with Crippen molar-refractivity contribution in [2.24, 2.45) is 5.14 Å². The number of hydrogen-bond donors (Lipinski definition) is 1. The summed E-state index contributed by atoms with van der Waals surface area (Å²) in [7, 11) is -4.23. The van der Waals surface area contributed by atoms with Gasteiger partial charge in [0.15, 0.2) is 23.3 Å². The SMILES string of the molecule is NS(=O)(=O)c1ccc(-c2c(F)c(F)c(F)c(F)c2-c2cc(F)c(C(F)(F)F)c(F)c2)cc1. The molecule has 3 nitrogen and oxygen atoms in total. The molecule has 13 heteroatoms. The van der Waals surface area contributed by atoms with Gasteiger partial charge in [-0.15, -0.1) is 0 Å². The number of sulfonamides is 1. The van der Waals surface area contributed by atoms with Crippen LogP contribution >= 0.6 is 0 Å². The zero-order valence-electron chi connectivity index (χ0n) is 15.2. The van der Waals surface area contributed by atoms with Gasteiger partial charge in [0.05, 0.1) is 4.90 Å². The summed E-state index contributed by atoms with van der Waals surface area (Å²) in [5.74, 6) is -13.3. The smallest absolute Gasteiger partial charge is 0.225 e. The van der Waals surface area contributed by atoms with E-state index in [-0.39, 0.29) is 12.1 Å². The normalized spacial score (nSPS) is 12.3. The number of nitrogens with two attached hydrogens (primary N) is 1. The molecule has 0 amide bonds. The molecule has 0 saturated heterocycles. The van der Waals surface area contributed by atoms with E-state index in [1.807, 2.05) is 0 Å². The third kappa shape index (κ3) is 4.05. The van der Waals surface area contributed by atoms with Crippen LogP contribution in [0.2, 0.25) is 0 Å². The summed E-state index contributed by atoms with van der Waals surface area (Å²) in [4.78, 5) is -0.502. The molecule has 3 aromatic rings. The van der Waals surface area contributed by atoms with Crippen molar-refractivity contribution in [2.45, 2.75) is 11.1 Å². The molecule has 0 saturated carbocycles. The maximum atomic E-state index is 14.6. The lowest BCUT2D eigenvalue weighted by Crippen LogP contribution is -2.12. The highest BCUT2D eigenvalue weighted by atomic mass is 32.2. The summed E-state index contributed by atoms with van der Waals surface area (Å²) >= 11 is 0. The molecule has 0 unspecified atom stereocenters. The fourth-order valence-electron chi connectivity index (χ4n) is 2.97. The van der Waals surface area contributed by atoms with Crippen molar-refractivity contribution in [1.29, 1.82) is 0 Å². The lowest BCUT2D eigenvalue weighted by Gasteiger charge is -2.16. The Hall–Kier alpha value is -3.06. The van der Waals surface area contributed by atoms with Crippen molar-refractivity contribution in [2.75, 3.05) is 0 Å². The molecule has 0 heterocycles. The Balaban J connectivity index is 2.38. The molecule has 0 aromatic heterocycles. The number of alkyl halides is 3. The number of hydrogen-bond acceptors (Lipinski definition) is 2. The van der Waals surface area contributed by atoms with Gasteiger partial charge in [0.1, 0.15) is 17.2 Å². The molecule has 0 aliphatic rings. The molecular weight excluding hydrogens is 477 g/mol. The van der Waals surface area contributed by atoms with E-state index in [0.717, 1.165) is 24.3 Å². The van der Waals surface area contributed by atoms with Gasteiger partial charge in [0.2, 0.25) is 10.0 Å². The van der Waals surface area contributed by atoms with Gasteiger partial charge in [-0.2, -0.15) is 13.2 Å². The molecule has 0 fully saturated rings. The van der Waals surface area contributed by atoms with Crippen molar-refractivity contribution in [3.05, 3.63) is 76.9 Å². The first-order valence-corrected chi connectivity index (χ1v) is 9.75. The Kier molecular flexibility index (Phi) is 5.76. The van der Waals surface area contributed by atoms with Gasteiger partial charge in [-0.1, -0.05) is 12.1 Å². The highest BCUT2D eigenvalue weighted by Gasteiger charge is 2.38. The van der Waals surface area contributed by atoms with Gasteiger partial charge in [-0.05, 0) is 35.4 Å². The number of benzene rings is 3. The van der Waals surface area contributed by atoms with E-state index in [4.69, 9.17) is 5.14 Å². The average molecular weight is 485 g/mol. The third-order valence-electron chi connectivity index (χ3n) is 4.35. The maximum Gasteiger partial charge on any atom is 0.422 e. The Labute approximate surface area is 174 Å². The third-order valence-corrected chi connectivity index (χ3v) is 5.28. The van der Waals surface area contributed by atoms with Gasteiger partial charge in [0, 0.05) is 11.1 Å². The van der Waals surface area contributed by atoms with E-state index < -0.39 is 83.8 Å². The van der Waals surface area contributed by atoms with Crippen molar-refractivity contribution < 1.29 is 47.9 Å². The van der Waals surface area contributed by atoms with Crippen LogP contribution in [0.3, 0.4) is 0 Å². The molecule has 0 aliphatic carbocycles. The molecule has 2 N–H and O–H groups in total. The van der Waals surface area contributed by atoms with Crippen LogP contribution in [-0.2, 0) is 16.2 Å². The van der Waals surface area contributed by atoms with Crippen LogP contribution < -0.4 is 5.14 Å². The van der Waals surface area contributed by atoms with Crippen LogP contribution in [0, 0.1) is 34.9 Å². The highest BCUT2D eigenvalue weighted by molar-refractivity contribution is 7.89. The summed E-state index contributed by atoms with van der Waals surface area (Å²) in [6.45, 7) is 0. The second kappa shape index (κ2) is 7.81. The molecule has 32 heavy (non-hydrogen) atoms. The minimum Gasteiger partial charge on any atom is -0.225 e. The first-order chi connectivity index (χ1) is 14.6. The Morgan fingerprint density at radius 2 is 1.06 bits per heavy atom. The Morgan fingerprint density at radius 3 is 1.44 bits per heavy atom. The zero-order valence-corrected chi connectivity index (χ0v) is 16.0. The van der Waals surface area contributed by atoms with Gasteiger partial charge in [-0.3, -0.25) is 0 Å². The molecule has 3 aromatic carbocycles. The van der Waals surface area contributed by atoms with Gasteiger partial charge in [-0.25, -0.2) is 39.9 Å². The summed E-state index contributed by atoms with van der Waals surface area (Å²) in [5.41, 5.74) is -6.32. The molecular formula is C19H8F9NO2S. The second-order valence-electron chi connectivity index (χ2n) is 6.39. The first kappa shape index (κ1) is 23.6. The summed E-state index contributed by atoms with van der Waals surface area (Å²) in [6, 6.07) is 3.14. The minimum absolute atomic E-state index is 0.0245. The van der Waals surface area contributed by atoms with Crippen molar-refractivity contribution in [3.63, 3.8) is 0 Å². The van der Waals surface area contributed by atoms with Crippen LogP contribution in [0.15, 0.2) is 41.3 Å². The van der Waals surface area contributed by atoms with E-state index in [1.165, 1.54) is 0 Å². The van der Waals surface area contributed by atoms with Gasteiger partial charge >= 0.3 is 6.18 Å². The molecule has 0 aliphatic heterocycles. The van der Waals surface area contributed by atoms with E-state index in [1.54, 1.807) is 0 Å². The summed E-state index contributed by atoms with van der Waals surface area (Å²) < 4.78 is 146. The van der Waals surface area contributed by atoms with Gasteiger partial charge in [0.25, 0.3) is 0 Å². The first-order valence-electron chi connectivity index (χ1n) is 8.20. The summed E-state index contributed by atoms with van der Waals surface area (Å²) in [5, 5.41) is 4.90. The van der Waals surface area contributed by atoms with Crippen LogP contribution in [0.4, 0.5) is 39.5 Å². The second-order valence-corrected chi connectivity index (χ2v) is 7.95. The topological polar surface area (TPSA) is 60.2 Å². The molecule has 0 radical (unpaired) electrons. The quantitative estimate of drug-likeness (QED) is 0.302. The number of halogens is 9. The minimum atomic E-state index is -5.48. The standard InChI is InChI=1S/C19H8F9NO2S/c20-10-5-8(6-11(21)14(10)19(26,27)28)13-12(15(22)17(24)18(25)16(13)23)7-1-3-9(4-2-7)32(29,30)31/h1-6H,(H2,29,30,31). The van der Waals surface area contributed by atoms with E-state index in [9.17, 15) is 47.9 Å². The summed E-state index contributed by atoms with van der Waals surface area (Å²) in [6.07, 6.45) is -5.48. The lowest BCUT2D eigenvalue weighted by atomic mass is 9.92. The van der Waals surface area contributed by atoms with Crippen LogP contribution in [0.1, 0.15) is 5.56 Å². The molecule has 3 rings (SSSR count). The molecule has 170 valence electrons. The van der Waals surface area contributed by atoms with E-state index in [0.29, 0.717) is 0 Å². The predicted molar refractivity (Wildman–Crippen MR) is 93.4 cm³/mol. The van der Waals surface area contributed by atoms with Crippen molar-refractivity contribution in [1.82, 2.24) is 0 Å². The fraction of sp³-hybridized carbons (Fsp3) is 0.0526. The lowest BCUT2D eigenvalue weighted by molar-refractivity contribution is -0.142. The fourth-order valence-corrected chi connectivity index (χ4v) is 3.49. The number of rotatable bonds is 3. The molecule has 0 spiro atoms. The monoisotopic (exact) mass is 485 g/mol. The highest BCUT2D eigenvalue weighted by Crippen LogP contribution is 2.42. The van der Waals surface area contributed by atoms with E-state index in [2.05, 4.69) is 0 Å². The molecule has 0 atom stereocenters. The van der Waals surface area contributed by atoms with Crippen molar-refractivity contribution in [3.8, 4) is 22.3 Å².